The van der Waals surface area contributed by atoms with Gasteiger partial charge in [-0.25, -0.2) is 24.0 Å². The molecule has 6 aromatic heterocycles. The fraction of sp³-hybridized carbons (Fsp3) is 0.189. The summed E-state index contributed by atoms with van der Waals surface area (Å²) in [5.41, 5.74) is 4.40. The number of fused-ring (bicyclic) bond motifs is 6. The molecule has 0 radical (unpaired) electrons. The van der Waals surface area contributed by atoms with E-state index in [9.17, 15) is 57.5 Å². The lowest BCUT2D eigenvalue weighted by atomic mass is 10.0. The van der Waals surface area contributed by atoms with E-state index >= 15 is 0 Å². The number of carbonyl (C=O) groups excluding carboxylic acids is 6. The first kappa shape index (κ1) is 105. The van der Waals surface area contributed by atoms with Crippen molar-refractivity contribution >= 4 is 102 Å². The summed E-state index contributed by atoms with van der Waals surface area (Å²) in [6.07, 6.45) is 2.04. The van der Waals surface area contributed by atoms with E-state index in [1.807, 2.05) is 20.8 Å². The van der Waals surface area contributed by atoms with Crippen LogP contribution >= 0.6 is 0 Å². The molecule has 35 nitrogen and oxygen atoms in total. The van der Waals surface area contributed by atoms with Crippen LogP contribution in [0.25, 0.3) is 135 Å². The lowest BCUT2D eigenvalue weighted by Gasteiger charge is -2.14. The zero-order valence-corrected chi connectivity index (χ0v) is 80.3. The third kappa shape index (κ3) is 29.8. The summed E-state index contributed by atoms with van der Waals surface area (Å²) in [5, 5.41) is 2.60. The van der Waals surface area contributed by atoms with Crippen molar-refractivity contribution in [2.75, 3.05) is 34.0 Å². The number of unbranched alkanes of at least 4 members (excludes halogenated alkanes) is 1. The van der Waals surface area contributed by atoms with Gasteiger partial charge in [0, 0.05) is 46.9 Å². The Bertz CT molecular complexity index is 7830. The standard InChI is InChI=1S/C23H25NO5.C19H17NO4.2C18H15NO5.C17H13NO5.C16H11NO5/c1-3-5-8-16(4-2)15-27-23(26)28-18-13-11-17(12-14-18)22-24-21(25)19-9-6-7-10-20(19)29-22;1-12(2)11-17(21)23-14-9-7-13(8-10-14)19-20-18(22)15-5-3-4-6-16(15)24-19;1-11(2)22-18(21)23-13-9-7-12(8-10-13)17-19-16(20)14-5-3-4-6-15(14)24-17;1-2-11-22-18(21)23-13-9-7-12(8-10-13)17-19-16(20)14-5-3-4-6-15(14)24-17;1-21-10-15(19)22-12-8-6-11(7-9-12)17-18-16(20)13-4-2-3-5-14(13)23-17;1-20-16(19)21-11-8-6-10(7-9-11)15-17-14(18)12-4-2-3-5-13(12)22-15/h6-7,9-14,16H,3-5,8,15H2,1-2H3;3-10,12H,11H2,1-2H3;3-11H,1-2H3;3-10H,2,11H2,1H3;2-9H,10H2,1H3;2-9H,1H3. The molecule has 35 heteroatoms. The number of carbonyl (C=O) groups is 6. The minimum Gasteiger partial charge on any atom is -0.437 e. The molecule has 0 saturated heterocycles. The summed E-state index contributed by atoms with van der Waals surface area (Å²) in [7, 11) is 2.64. The van der Waals surface area contributed by atoms with Crippen LogP contribution in [-0.2, 0) is 33.3 Å². The van der Waals surface area contributed by atoms with E-state index < -0.39 is 30.6 Å². The Labute approximate surface area is 830 Å². The number of nitrogens with zero attached hydrogens (tertiary/aromatic N) is 6. The molecule has 0 bridgehead atoms. The minimum atomic E-state index is -0.803. The van der Waals surface area contributed by atoms with Crippen molar-refractivity contribution < 1.29 is 107 Å². The van der Waals surface area contributed by atoms with Gasteiger partial charge in [-0.05, 0) is 257 Å². The molecule has 1 unspecified atom stereocenters. The van der Waals surface area contributed by atoms with E-state index in [1.165, 1.54) is 14.2 Å². The van der Waals surface area contributed by atoms with Gasteiger partial charge in [-0.3, -0.25) is 33.6 Å². The second-order valence-corrected chi connectivity index (χ2v) is 32.4. The third-order valence-corrected chi connectivity index (χ3v) is 20.8. The van der Waals surface area contributed by atoms with Crippen LogP contribution < -0.4 is 61.8 Å². The summed E-state index contributed by atoms with van der Waals surface area (Å²) >= 11 is 0. The zero-order chi connectivity index (χ0) is 104. The molecule has 18 aromatic rings. The van der Waals surface area contributed by atoms with Gasteiger partial charge in [0.05, 0.1) is 58.7 Å². The van der Waals surface area contributed by atoms with Crippen LogP contribution in [0.5, 0.6) is 34.5 Å². The predicted molar refractivity (Wildman–Crippen MR) is 540 cm³/mol. The van der Waals surface area contributed by atoms with E-state index in [0.29, 0.717) is 159 Å². The molecule has 6 heterocycles. The predicted octanol–water partition coefficient (Wildman–Crippen LogP) is 22.4. The van der Waals surface area contributed by atoms with Gasteiger partial charge >= 0.3 is 36.6 Å². The second-order valence-electron chi connectivity index (χ2n) is 32.4. The number of benzene rings is 12. The molecule has 0 fully saturated rings. The Morgan fingerprint density at radius 3 is 0.795 bits per heavy atom. The molecule has 0 N–H and O–H groups in total. The van der Waals surface area contributed by atoms with Gasteiger partial charge in [0.25, 0.3) is 33.4 Å². The van der Waals surface area contributed by atoms with Crippen molar-refractivity contribution in [3.05, 3.63) is 353 Å². The van der Waals surface area contributed by atoms with Crippen LogP contribution in [0.2, 0.25) is 0 Å². The van der Waals surface area contributed by atoms with Crippen molar-refractivity contribution in [2.24, 2.45) is 11.8 Å². The highest BCUT2D eigenvalue weighted by molar-refractivity contribution is 5.83. The Kier molecular flexibility index (Phi) is 37.0. The SMILES string of the molecule is CC(C)CC(=O)Oc1ccc(-c2nc(=O)c3ccccc3o2)cc1.CC(C)OC(=O)Oc1ccc(-c2nc(=O)c3ccccc3o2)cc1.CCCCC(CC)COC(=O)Oc1ccc(-c2nc(=O)c3ccccc3o2)cc1.CCCOC(=O)Oc1ccc(-c2nc(=O)c3ccccc3o2)cc1.COC(=O)Oc1ccc(-c2nc(=O)c3ccccc3o2)cc1.COCC(=O)Oc1ccc(-c2nc(=O)c3ccccc3o2)cc1. The number of hydrogen-bond donors (Lipinski definition) is 0. The monoisotopic (exact) mass is 1980 g/mol. The van der Waals surface area contributed by atoms with Crippen molar-refractivity contribution in [3.63, 3.8) is 0 Å². The van der Waals surface area contributed by atoms with Crippen LogP contribution in [0, 0.1) is 11.8 Å². The molecule has 0 aliphatic rings. The summed E-state index contributed by atoms with van der Waals surface area (Å²) < 4.78 is 88.5. The number of esters is 2. The lowest BCUT2D eigenvalue weighted by molar-refractivity contribution is -0.138. The number of methoxy groups -OCH3 is 2. The van der Waals surface area contributed by atoms with Gasteiger partial charge in [0.15, 0.2) is 0 Å². The molecule has 1 atom stereocenters. The normalized spacial score (nSPS) is 10.9. The maximum Gasteiger partial charge on any atom is 0.514 e. The van der Waals surface area contributed by atoms with E-state index in [2.05, 4.69) is 53.2 Å². The largest absolute Gasteiger partial charge is 0.514 e. The topological polar surface area (TPSA) is 463 Å². The maximum atomic E-state index is 12.1. The highest BCUT2D eigenvalue weighted by atomic mass is 16.7. The molecule has 18 rings (SSSR count). The molecule has 12 aromatic carbocycles. The Morgan fingerprint density at radius 1 is 0.295 bits per heavy atom. The average molecular weight is 1980 g/mol. The number of ether oxygens (including phenoxy) is 11. The molecular weight excluding hydrogens is 1880 g/mol. The van der Waals surface area contributed by atoms with Gasteiger partial charge in [-0.15, -0.1) is 0 Å². The summed E-state index contributed by atoms with van der Waals surface area (Å²) in [4.78, 5) is 165. The van der Waals surface area contributed by atoms with E-state index in [0.717, 1.165) is 32.1 Å². The Balaban J connectivity index is 0.000000147. The first-order chi connectivity index (χ1) is 70.7. The molecule has 146 heavy (non-hydrogen) atoms. The summed E-state index contributed by atoms with van der Waals surface area (Å²) in [6.45, 7) is 14.1. The molecular formula is C111H96N6O29. The number of para-hydroxylation sites is 6. The fourth-order valence-corrected chi connectivity index (χ4v) is 13.6. The van der Waals surface area contributed by atoms with Gasteiger partial charge < -0.3 is 78.6 Å². The van der Waals surface area contributed by atoms with Crippen LogP contribution in [0.15, 0.2) is 346 Å². The van der Waals surface area contributed by atoms with Gasteiger partial charge in [-0.2, -0.15) is 29.9 Å². The van der Waals surface area contributed by atoms with Gasteiger partial charge in [0.2, 0.25) is 35.3 Å². The molecule has 0 aliphatic carbocycles. The Morgan fingerprint density at radius 2 is 0.548 bits per heavy atom. The second kappa shape index (κ2) is 51.6. The molecule has 0 amide bonds. The van der Waals surface area contributed by atoms with Gasteiger partial charge in [0.1, 0.15) is 74.6 Å². The lowest BCUT2D eigenvalue weighted by Crippen LogP contribution is -2.16. The van der Waals surface area contributed by atoms with Gasteiger partial charge in [-0.1, -0.05) is 127 Å². The number of rotatable bonds is 25. The zero-order valence-electron chi connectivity index (χ0n) is 80.3. The fourth-order valence-electron chi connectivity index (χ4n) is 13.6. The maximum absolute atomic E-state index is 12.1. The number of aromatic nitrogens is 6. The van der Waals surface area contributed by atoms with E-state index in [-0.39, 0.29) is 93.3 Å². The molecule has 0 spiro atoms. The van der Waals surface area contributed by atoms with Crippen LogP contribution in [0.1, 0.15) is 87.0 Å². The number of hydrogen-bond acceptors (Lipinski definition) is 35. The molecule has 0 saturated carbocycles. The van der Waals surface area contributed by atoms with Crippen molar-refractivity contribution in [1.82, 2.24) is 29.9 Å². The van der Waals surface area contributed by atoms with E-state index in [1.54, 1.807) is 305 Å². The molecule has 744 valence electrons. The van der Waals surface area contributed by atoms with Crippen molar-refractivity contribution in [2.45, 2.75) is 93.1 Å². The highest BCUT2D eigenvalue weighted by Gasteiger charge is 2.21. The third-order valence-electron chi connectivity index (χ3n) is 20.8. The average Bonchev–Trinajstić information content (AvgIpc) is 0.822. The van der Waals surface area contributed by atoms with Crippen molar-refractivity contribution in [1.29, 1.82) is 0 Å². The van der Waals surface area contributed by atoms with Crippen molar-refractivity contribution in [3.8, 4) is 103 Å². The quantitative estimate of drug-likeness (QED) is 0.0222. The first-order valence-corrected chi connectivity index (χ1v) is 45.9. The van der Waals surface area contributed by atoms with Crippen LogP contribution in [0.4, 0.5) is 19.2 Å². The minimum absolute atomic E-state index is 0.122. The van der Waals surface area contributed by atoms with Crippen LogP contribution in [0.3, 0.4) is 0 Å². The van der Waals surface area contributed by atoms with E-state index in [4.69, 9.17) is 69.1 Å². The molecule has 0 aliphatic heterocycles. The smallest absolute Gasteiger partial charge is 0.437 e. The highest BCUT2D eigenvalue weighted by Crippen LogP contribution is 2.32. The van der Waals surface area contributed by atoms with Crippen LogP contribution in [-0.4, -0.2) is 107 Å². The Hall–Kier alpha value is -18.5. The first-order valence-electron chi connectivity index (χ1n) is 45.9. The summed E-state index contributed by atoms with van der Waals surface area (Å²) in [6, 6.07) is 80.7. The summed E-state index contributed by atoms with van der Waals surface area (Å²) in [5.74, 6) is 3.27.